The van der Waals surface area contributed by atoms with Crippen LogP contribution in [0.5, 0.6) is 0 Å². The number of rotatable bonds is 3. The maximum absolute atomic E-state index is 5.23. The van der Waals surface area contributed by atoms with Crippen LogP contribution in [0.1, 0.15) is 11.3 Å². The van der Waals surface area contributed by atoms with Gasteiger partial charge in [0.2, 0.25) is 0 Å². The Kier molecular flexibility index (Phi) is 2.89. The van der Waals surface area contributed by atoms with Gasteiger partial charge >= 0.3 is 0 Å². The number of furan rings is 1. The topological polar surface area (TPSA) is 26.0 Å². The van der Waals surface area contributed by atoms with Crippen LogP contribution >= 0.6 is 11.8 Å². The molecule has 0 saturated carbocycles. The van der Waals surface area contributed by atoms with Gasteiger partial charge in [-0.1, -0.05) is 17.8 Å². The van der Waals surface area contributed by atoms with E-state index in [1.807, 2.05) is 31.3 Å². The Hall–Kier alpha value is -1.22. The van der Waals surface area contributed by atoms with Crippen molar-refractivity contribution in [3.63, 3.8) is 0 Å². The molecule has 0 N–H and O–H groups in total. The van der Waals surface area contributed by atoms with Gasteiger partial charge in [0.1, 0.15) is 5.76 Å². The summed E-state index contributed by atoms with van der Waals surface area (Å²) in [6, 6.07) is 7.97. The van der Waals surface area contributed by atoms with Crippen molar-refractivity contribution in [2.45, 2.75) is 17.7 Å². The van der Waals surface area contributed by atoms with Crippen LogP contribution in [0, 0.1) is 6.92 Å². The summed E-state index contributed by atoms with van der Waals surface area (Å²) in [5.41, 5.74) is 1.19. The predicted octanol–water partition coefficient (Wildman–Crippen LogP) is 3.28. The fourth-order valence-electron chi connectivity index (χ4n) is 1.08. The second-order valence-corrected chi connectivity index (χ2v) is 4.04. The number of hydrogen-bond donors (Lipinski definition) is 0. The third-order valence-electron chi connectivity index (χ3n) is 1.83. The van der Waals surface area contributed by atoms with Gasteiger partial charge in [0.15, 0.2) is 0 Å². The Morgan fingerprint density at radius 2 is 2.29 bits per heavy atom. The van der Waals surface area contributed by atoms with Gasteiger partial charge in [0, 0.05) is 6.20 Å². The lowest BCUT2D eigenvalue weighted by Crippen LogP contribution is -1.81. The van der Waals surface area contributed by atoms with E-state index >= 15 is 0 Å². The van der Waals surface area contributed by atoms with Crippen molar-refractivity contribution >= 4 is 11.8 Å². The number of aromatic nitrogens is 1. The summed E-state index contributed by atoms with van der Waals surface area (Å²) >= 11 is 1.68. The molecule has 0 aliphatic rings. The third kappa shape index (κ3) is 2.39. The highest BCUT2D eigenvalue weighted by Gasteiger charge is 1.98. The number of aryl methyl sites for hydroxylation is 1. The summed E-state index contributed by atoms with van der Waals surface area (Å²) in [5, 5.41) is 1.03. The monoisotopic (exact) mass is 205 g/mol. The first-order valence-electron chi connectivity index (χ1n) is 4.42. The largest absolute Gasteiger partial charge is 0.468 e. The molecule has 0 amide bonds. The van der Waals surface area contributed by atoms with E-state index in [1.165, 1.54) is 5.56 Å². The molecule has 2 heterocycles. The summed E-state index contributed by atoms with van der Waals surface area (Å²) in [6.45, 7) is 2.04. The van der Waals surface area contributed by atoms with Gasteiger partial charge in [-0.05, 0) is 30.7 Å². The SMILES string of the molecule is Cc1ccc(SCc2ccco2)nc1. The van der Waals surface area contributed by atoms with Gasteiger partial charge in [-0.15, -0.1) is 0 Å². The van der Waals surface area contributed by atoms with Gasteiger partial charge in [-0.2, -0.15) is 0 Å². The molecule has 2 aromatic heterocycles. The molecule has 14 heavy (non-hydrogen) atoms. The molecule has 72 valence electrons. The minimum absolute atomic E-state index is 0.836. The van der Waals surface area contributed by atoms with Crippen LogP contribution in [0.4, 0.5) is 0 Å². The van der Waals surface area contributed by atoms with E-state index in [9.17, 15) is 0 Å². The lowest BCUT2D eigenvalue weighted by atomic mass is 10.3. The molecule has 0 aliphatic heterocycles. The van der Waals surface area contributed by atoms with Crippen LogP contribution in [0.2, 0.25) is 0 Å². The second-order valence-electron chi connectivity index (χ2n) is 3.04. The first kappa shape index (κ1) is 9.34. The number of nitrogens with zero attached hydrogens (tertiary/aromatic N) is 1. The molecular formula is C11H11NOS. The Balaban J connectivity index is 1.95. The first-order chi connectivity index (χ1) is 6.84. The van der Waals surface area contributed by atoms with Crippen LogP contribution in [0.25, 0.3) is 0 Å². The van der Waals surface area contributed by atoms with Gasteiger partial charge < -0.3 is 4.42 Å². The zero-order valence-electron chi connectivity index (χ0n) is 7.93. The average Bonchev–Trinajstić information content (AvgIpc) is 2.70. The van der Waals surface area contributed by atoms with E-state index in [2.05, 4.69) is 11.1 Å². The molecule has 0 aromatic carbocycles. The van der Waals surface area contributed by atoms with E-state index in [0.29, 0.717) is 0 Å². The molecule has 0 unspecified atom stereocenters. The summed E-state index contributed by atoms with van der Waals surface area (Å²) in [5.74, 6) is 1.82. The van der Waals surface area contributed by atoms with Gasteiger partial charge in [0.25, 0.3) is 0 Å². The Labute approximate surface area is 87.4 Å². The van der Waals surface area contributed by atoms with E-state index in [4.69, 9.17) is 4.42 Å². The number of hydrogen-bond acceptors (Lipinski definition) is 3. The minimum atomic E-state index is 0.836. The van der Waals surface area contributed by atoms with Crippen molar-refractivity contribution in [3.8, 4) is 0 Å². The van der Waals surface area contributed by atoms with Crippen molar-refractivity contribution in [1.29, 1.82) is 0 Å². The smallest absolute Gasteiger partial charge is 0.114 e. The van der Waals surface area contributed by atoms with Crippen LogP contribution in [-0.4, -0.2) is 4.98 Å². The van der Waals surface area contributed by atoms with Crippen LogP contribution in [-0.2, 0) is 5.75 Å². The van der Waals surface area contributed by atoms with E-state index in [-0.39, 0.29) is 0 Å². The molecular weight excluding hydrogens is 194 g/mol. The fraction of sp³-hybridized carbons (Fsp3) is 0.182. The summed E-state index contributed by atoms with van der Waals surface area (Å²) < 4.78 is 5.23. The lowest BCUT2D eigenvalue weighted by Gasteiger charge is -1.98. The van der Waals surface area contributed by atoms with E-state index in [0.717, 1.165) is 16.5 Å². The Morgan fingerprint density at radius 1 is 1.36 bits per heavy atom. The summed E-state index contributed by atoms with van der Waals surface area (Å²) in [7, 11) is 0. The lowest BCUT2D eigenvalue weighted by molar-refractivity contribution is 0.530. The van der Waals surface area contributed by atoms with Crippen molar-refractivity contribution < 1.29 is 4.42 Å². The molecule has 2 nitrogen and oxygen atoms in total. The van der Waals surface area contributed by atoms with Crippen molar-refractivity contribution in [3.05, 3.63) is 48.0 Å². The minimum Gasteiger partial charge on any atom is -0.468 e. The molecule has 0 radical (unpaired) electrons. The van der Waals surface area contributed by atoms with E-state index < -0.39 is 0 Å². The first-order valence-corrected chi connectivity index (χ1v) is 5.41. The zero-order chi connectivity index (χ0) is 9.80. The van der Waals surface area contributed by atoms with Gasteiger partial charge in [-0.3, -0.25) is 0 Å². The molecule has 0 saturated heterocycles. The average molecular weight is 205 g/mol. The number of thioether (sulfide) groups is 1. The summed E-state index contributed by atoms with van der Waals surface area (Å²) in [4.78, 5) is 4.30. The highest BCUT2D eigenvalue weighted by atomic mass is 32.2. The molecule has 2 aromatic rings. The highest BCUT2D eigenvalue weighted by molar-refractivity contribution is 7.98. The number of pyridine rings is 1. The molecule has 0 aliphatic carbocycles. The molecule has 0 atom stereocenters. The maximum atomic E-state index is 5.23. The molecule has 0 fully saturated rings. The Bertz CT molecular complexity index is 380. The quantitative estimate of drug-likeness (QED) is 0.719. The normalized spacial score (nSPS) is 10.4. The highest BCUT2D eigenvalue weighted by Crippen LogP contribution is 2.20. The standard InChI is InChI=1S/C11H11NOS/c1-9-4-5-11(12-7-9)14-8-10-3-2-6-13-10/h2-7H,8H2,1H3. The van der Waals surface area contributed by atoms with Crippen molar-refractivity contribution in [2.24, 2.45) is 0 Å². The predicted molar refractivity (Wildman–Crippen MR) is 57.2 cm³/mol. The van der Waals surface area contributed by atoms with Crippen LogP contribution in [0.15, 0.2) is 46.2 Å². The van der Waals surface area contributed by atoms with Gasteiger partial charge in [-0.25, -0.2) is 4.98 Å². The molecule has 3 heteroatoms. The second kappa shape index (κ2) is 4.33. The summed E-state index contributed by atoms with van der Waals surface area (Å²) in [6.07, 6.45) is 3.57. The maximum Gasteiger partial charge on any atom is 0.114 e. The molecule has 0 spiro atoms. The third-order valence-corrected chi connectivity index (χ3v) is 2.79. The van der Waals surface area contributed by atoms with Crippen LogP contribution in [0.3, 0.4) is 0 Å². The van der Waals surface area contributed by atoms with Crippen molar-refractivity contribution in [1.82, 2.24) is 4.98 Å². The van der Waals surface area contributed by atoms with Gasteiger partial charge in [0.05, 0.1) is 17.0 Å². The zero-order valence-corrected chi connectivity index (χ0v) is 8.75. The van der Waals surface area contributed by atoms with Crippen LogP contribution < -0.4 is 0 Å². The Morgan fingerprint density at radius 3 is 2.93 bits per heavy atom. The fourth-order valence-corrected chi connectivity index (χ4v) is 1.83. The van der Waals surface area contributed by atoms with Crippen molar-refractivity contribution in [2.75, 3.05) is 0 Å². The molecule has 2 rings (SSSR count). The van der Waals surface area contributed by atoms with E-state index in [1.54, 1.807) is 18.0 Å². The molecule has 0 bridgehead atoms.